The first-order chi connectivity index (χ1) is 8.84. The molecule has 100 valence electrons. The zero-order chi connectivity index (χ0) is 12.4. The molecule has 0 bridgehead atoms. The van der Waals surface area contributed by atoms with E-state index >= 15 is 0 Å². The minimum absolute atomic E-state index is 0.0719. The molecule has 2 heterocycles. The molecule has 1 saturated carbocycles. The van der Waals surface area contributed by atoms with Gasteiger partial charge in [0.05, 0.1) is 18.6 Å². The van der Waals surface area contributed by atoms with E-state index in [1.54, 1.807) is 0 Å². The molecule has 2 N–H and O–H groups in total. The first-order valence-corrected chi connectivity index (χ1v) is 6.71. The molecule has 6 nitrogen and oxygen atoms in total. The average Bonchev–Trinajstić information content (AvgIpc) is 3.09. The lowest BCUT2D eigenvalue weighted by atomic mass is 9.86. The largest absolute Gasteiger partial charge is 0.378 e. The van der Waals surface area contributed by atoms with E-state index in [9.17, 15) is 0 Å². The molecule has 3 rings (SSSR count). The summed E-state index contributed by atoms with van der Waals surface area (Å²) in [6.07, 6.45) is 4.53. The molecule has 0 amide bonds. The van der Waals surface area contributed by atoms with Gasteiger partial charge in [0, 0.05) is 19.6 Å². The van der Waals surface area contributed by atoms with Crippen LogP contribution in [0.4, 0.5) is 5.95 Å². The van der Waals surface area contributed by atoms with Crippen LogP contribution in [0, 0.1) is 0 Å². The average molecular weight is 252 g/mol. The van der Waals surface area contributed by atoms with Gasteiger partial charge < -0.3 is 19.9 Å². The normalized spacial score (nSPS) is 23.5. The zero-order valence-electron chi connectivity index (χ0n) is 10.6. The molecule has 1 saturated heterocycles. The lowest BCUT2D eigenvalue weighted by Crippen LogP contribution is -2.37. The smallest absolute Gasteiger partial charge is 0.266 e. The number of nitrogens with zero attached hydrogens (tertiary/aromatic N) is 3. The number of rotatable bonds is 3. The van der Waals surface area contributed by atoms with Gasteiger partial charge in [0.1, 0.15) is 0 Å². The van der Waals surface area contributed by atoms with Crippen LogP contribution >= 0.6 is 0 Å². The fourth-order valence-electron chi connectivity index (χ4n) is 2.88. The van der Waals surface area contributed by atoms with Crippen LogP contribution in [0.3, 0.4) is 0 Å². The van der Waals surface area contributed by atoms with Crippen molar-refractivity contribution < 1.29 is 9.26 Å². The van der Waals surface area contributed by atoms with Crippen molar-refractivity contribution in [2.45, 2.75) is 31.1 Å². The summed E-state index contributed by atoms with van der Waals surface area (Å²) in [6, 6.07) is 0. The minimum Gasteiger partial charge on any atom is -0.378 e. The Morgan fingerprint density at radius 3 is 2.61 bits per heavy atom. The maximum Gasteiger partial charge on any atom is 0.266 e. The number of hydrogen-bond acceptors (Lipinski definition) is 6. The van der Waals surface area contributed by atoms with Crippen LogP contribution in [-0.2, 0) is 10.2 Å². The van der Waals surface area contributed by atoms with E-state index in [0.717, 1.165) is 45.0 Å². The van der Waals surface area contributed by atoms with Gasteiger partial charge in [0.2, 0.25) is 5.89 Å². The van der Waals surface area contributed by atoms with Gasteiger partial charge in [-0.25, -0.2) is 0 Å². The third kappa shape index (κ3) is 1.99. The Morgan fingerprint density at radius 2 is 1.94 bits per heavy atom. The van der Waals surface area contributed by atoms with Crippen molar-refractivity contribution in [1.82, 2.24) is 10.1 Å². The van der Waals surface area contributed by atoms with E-state index < -0.39 is 0 Å². The lowest BCUT2D eigenvalue weighted by molar-refractivity contribution is 0.121. The van der Waals surface area contributed by atoms with E-state index in [-0.39, 0.29) is 5.41 Å². The predicted octanol–water partition coefficient (Wildman–Crippen LogP) is 0.677. The molecule has 1 aromatic heterocycles. The van der Waals surface area contributed by atoms with E-state index in [0.29, 0.717) is 12.5 Å². The molecule has 1 aromatic rings. The second-order valence-electron chi connectivity index (χ2n) is 5.19. The Bertz CT molecular complexity index is 395. The van der Waals surface area contributed by atoms with Gasteiger partial charge in [-0.2, -0.15) is 4.98 Å². The first kappa shape index (κ1) is 11.9. The van der Waals surface area contributed by atoms with Crippen molar-refractivity contribution in [3.63, 3.8) is 0 Å². The van der Waals surface area contributed by atoms with Crippen molar-refractivity contribution in [2.75, 3.05) is 37.7 Å². The van der Waals surface area contributed by atoms with Crippen LogP contribution in [0.15, 0.2) is 4.52 Å². The fourth-order valence-corrected chi connectivity index (χ4v) is 2.88. The van der Waals surface area contributed by atoms with E-state index in [4.69, 9.17) is 15.0 Å². The van der Waals surface area contributed by atoms with Crippen LogP contribution in [0.25, 0.3) is 0 Å². The summed E-state index contributed by atoms with van der Waals surface area (Å²) in [5.41, 5.74) is 5.86. The molecule has 0 spiro atoms. The number of anilines is 1. The number of morpholine rings is 1. The highest BCUT2D eigenvalue weighted by atomic mass is 16.5. The number of aromatic nitrogens is 2. The standard InChI is InChI=1S/C12H20N4O2/c13-9-12(3-1-2-4-12)10-14-11(15-18-10)16-5-7-17-8-6-16/h1-9,13H2. The van der Waals surface area contributed by atoms with Gasteiger partial charge in [-0.1, -0.05) is 12.8 Å². The van der Waals surface area contributed by atoms with Gasteiger partial charge in [-0.3, -0.25) is 0 Å². The summed E-state index contributed by atoms with van der Waals surface area (Å²) >= 11 is 0. The molecular formula is C12H20N4O2. The van der Waals surface area contributed by atoms with Crippen LogP contribution in [-0.4, -0.2) is 43.0 Å². The van der Waals surface area contributed by atoms with Crippen molar-refractivity contribution in [3.8, 4) is 0 Å². The van der Waals surface area contributed by atoms with Gasteiger partial charge in [-0.15, -0.1) is 0 Å². The molecule has 2 fully saturated rings. The second-order valence-corrected chi connectivity index (χ2v) is 5.19. The molecule has 0 atom stereocenters. The summed E-state index contributed by atoms with van der Waals surface area (Å²) in [5, 5.41) is 4.11. The molecule has 0 radical (unpaired) electrons. The van der Waals surface area contributed by atoms with Crippen LogP contribution in [0.2, 0.25) is 0 Å². The SMILES string of the molecule is NCC1(c2nc(N3CCOCC3)no2)CCCC1. The van der Waals surface area contributed by atoms with Crippen LogP contribution in [0.1, 0.15) is 31.6 Å². The molecule has 0 aromatic carbocycles. The van der Waals surface area contributed by atoms with Crippen molar-refractivity contribution in [1.29, 1.82) is 0 Å². The summed E-state index contributed by atoms with van der Waals surface area (Å²) in [6.45, 7) is 3.71. The Labute approximate surface area is 106 Å². The van der Waals surface area contributed by atoms with E-state index in [1.165, 1.54) is 12.8 Å². The van der Waals surface area contributed by atoms with Crippen molar-refractivity contribution >= 4 is 5.95 Å². The minimum atomic E-state index is -0.0719. The van der Waals surface area contributed by atoms with E-state index in [1.807, 2.05) is 0 Å². The number of ether oxygens (including phenoxy) is 1. The van der Waals surface area contributed by atoms with Gasteiger partial charge in [-0.05, 0) is 18.0 Å². The van der Waals surface area contributed by atoms with Crippen LogP contribution in [0.5, 0.6) is 0 Å². The summed E-state index contributed by atoms with van der Waals surface area (Å²) in [5.74, 6) is 1.41. The fraction of sp³-hybridized carbons (Fsp3) is 0.833. The Balaban J connectivity index is 1.79. The monoisotopic (exact) mass is 252 g/mol. The van der Waals surface area contributed by atoms with Crippen LogP contribution < -0.4 is 10.6 Å². The third-order valence-electron chi connectivity index (χ3n) is 4.11. The highest BCUT2D eigenvalue weighted by molar-refractivity contribution is 5.29. The topological polar surface area (TPSA) is 77.4 Å². The van der Waals surface area contributed by atoms with Gasteiger partial charge >= 0.3 is 0 Å². The Kier molecular flexibility index (Phi) is 3.22. The Hall–Kier alpha value is -1.14. The second kappa shape index (κ2) is 4.85. The van der Waals surface area contributed by atoms with Gasteiger partial charge in [0.25, 0.3) is 5.95 Å². The molecule has 0 unspecified atom stereocenters. The first-order valence-electron chi connectivity index (χ1n) is 6.71. The molecule has 1 aliphatic heterocycles. The summed E-state index contributed by atoms with van der Waals surface area (Å²) < 4.78 is 10.8. The maximum atomic E-state index is 5.93. The van der Waals surface area contributed by atoms with Gasteiger partial charge in [0.15, 0.2) is 0 Å². The molecule has 6 heteroatoms. The highest BCUT2D eigenvalue weighted by Crippen LogP contribution is 2.39. The van der Waals surface area contributed by atoms with Crippen molar-refractivity contribution in [3.05, 3.63) is 5.89 Å². The Morgan fingerprint density at radius 1 is 1.22 bits per heavy atom. The maximum absolute atomic E-state index is 5.93. The summed E-state index contributed by atoms with van der Waals surface area (Å²) in [4.78, 5) is 6.68. The molecular weight excluding hydrogens is 232 g/mol. The predicted molar refractivity (Wildman–Crippen MR) is 66.5 cm³/mol. The lowest BCUT2D eigenvalue weighted by Gasteiger charge is -2.25. The zero-order valence-corrected chi connectivity index (χ0v) is 10.6. The molecule has 2 aliphatic rings. The molecule has 18 heavy (non-hydrogen) atoms. The number of nitrogens with two attached hydrogens (primary N) is 1. The third-order valence-corrected chi connectivity index (χ3v) is 4.11. The number of hydrogen-bond donors (Lipinski definition) is 1. The highest BCUT2D eigenvalue weighted by Gasteiger charge is 2.40. The molecule has 1 aliphatic carbocycles. The van der Waals surface area contributed by atoms with E-state index in [2.05, 4.69) is 15.0 Å². The summed E-state index contributed by atoms with van der Waals surface area (Å²) in [7, 11) is 0. The van der Waals surface area contributed by atoms with Crippen molar-refractivity contribution in [2.24, 2.45) is 5.73 Å². The quantitative estimate of drug-likeness (QED) is 0.852.